The fourth-order valence-corrected chi connectivity index (χ4v) is 1.35. The van der Waals surface area contributed by atoms with Gasteiger partial charge in [0.1, 0.15) is 5.75 Å². The van der Waals surface area contributed by atoms with Gasteiger partial charge in [-0.25, -0.2) is 0 Å². The Morgan fingerprint density at radius 3 is 2.69 bits per heavy atom. The second kappa shape index (κ2) is 4.08. The van der Waals surface area contributed by atoms with Gasteiger partial charge in [0.25, 0.3) is 0 Å². The normalized spacial score (nSPS) is 9.77. The van der Waals surface area contributed by atoms with Crippen molar-refractivity contribution in [1.82, 2.24) is 0 Å². The summed E-state index contributed by atoms with van der Waals surface area (Å²) < 4.78 is 5.13. The summed E-state index contributed by atoms with van der Waals surface area (Å²) in [5.74, 6) is 0.807. The van der Waals surface area contributed by atoms with Gasteiger partial charge in [-0.05, 0) is 18.6 Å². The highest BCUT2D eigenvalue weighted by Gasteiger charge is 2.12. The molecular formula is C11H14O2. The smallest absolute Gasteiger partial charge is 0.166 e. The average molecular weight is 178 g/mol. The Morgan fingerprint density at radius 1 is 1.46 bits per heavy atom. The van der Waals surface area contributed by atoms with Gasteiger partial charge in [0, 0.05) is 6.42 Å². The molecule has 1 aromatic carbocycles. The molecule has 0 radical (unpaired) electrons. The summed E-state index contributed by atoms with van der Waals surface area (Å²) in [4.78, 5) is 11.5. The van der Waals surface area contributed by atoms with Gasteiger partial charge in [-0.1, -0.05) is 19.1 Å². The van der Waals surface area contributed by atoms with Gasteiger partial charge in [0.05, 0.1) is 12.7 Å². The van der Waals surface area contributed by atoms with Crippen LogP contribution in [0.3, 0.4) is 0 Å². The molecule has 0 aliphatic carbocycles. The molecule has 0 fully saturated rings. The van der Waals surface area contributed by atoms with Crippen molar-refractivity contribution in [2.75, 3.05) is 7.11 Å². The van der Waals surface area contributed by atoms with Crippen LogP contribution in [0.25, 0.3) is 0 Å². The molecule has 0 saturated carbocycles. The highest BCUT2D eigenvalue weighted by atomic mass is 16.5. The standard InChI is InChI=1S/C11H14O2/c1-4-9(12)11-8(2)6-5-7-10(11)13-3/h5-7H,4H2,1-3H3. The molecule has 0 heterocycles. The quantitative estimate of drug-likeness (QED) is 0.665. The van der Waals surface area contributed by atoms with E-state index in [1.807, 2.05) is 32.0 Å². The van der Waals surface area contributed by atoms with Crippen LogP contribution in [0.15, 0.2) is 18.2 Å². The Balaban J connectivity index is 3.22. The number of ketones is 1. The first-order chi connectivity index (χ1) is 6.20. The van der Waals surface area contributed by atoms with Crippen molar-refractivity contribution in [3.05, 3.63) is 29.3 Å². The van der Waals surface area contributed by atoms with E-state index in [2.05, 4.69) is 0 Å². The zero-order chi connectivity index (χ0) is 9.84. The average Bonchev–Trinajstić information content (AvgIpc) is 2.16. The topological polar surface area (TPSA) is 26.3 Å². The molecule has 2 heteroatoms. The van der Waals surface area contributed by atoms with Crippen LogP contribution in [0, 0.1) is 6.92 Å². The zero-order valence-corrected chi connectivity index (χ0v) is 8.26. The van der Waals surface area contributed by atoms with Crippen molar-refractivity contribution in [3.63, 3.8) is 0 Å². The number of hydrogen-bond acceptors (Lipinski definition) is 2. The maximum absolute atomic E-state index is 11.5. The lowest BCUT2D eigenvalue weighted by molar-refractivity contribution is 0.0984. The molecule has 0 bridgehead atoms. The van der Waals surface area contributed by atoms with Gasteiger partial charge in [0.2, 0.25) is 0 Å². The van der Waals surface area contributed by atoms with E-state index >= 15 is 0 Å². The third kappa shape index (κ3) is 1.89. The third-order valence-electron chi connectivity index (χ3n) is 2.05. The van der Waals surface area contributed by atoms with Gasteiger partial charge in [-0.3, -0.25) is 4.79 Å². The molecule has 0 amide bonds. The molecule has 1 aromatic rings. The minimum Gasteiger partial charge on any atom is -0.496 e. The number of carbonyl (C=O) groups is 1. The Morgan fingerprint density at radius 2 is 2.15 bits per heavy atom. The van der Waals surface area contributed by atoms with Crippen molar-refractivity contribution in [2.24, 2.45) is 0 Å². The number of hydrogen-bond donors (Lipinski definition) is 0. The number of carbonyl (C=O) groups excluding carboxylic acids is 1. The van der Waals surface area contributed by atoms with E-state index < -0.39 is 0 Å². The van der Waals surface area contributed by atoms with Crippen molar-refractivity contribution in [2.45, 2.75) is 20.3 Å². The van der Waals surface area contributed by atoms with Gasteiger partial charge in [0.15, 0.2) is 5.78 Å². The number of rotatable bonds is 3. The summed E-state index contributed by atoms with van der Waals surface area (Å²) in [7, 11) is 1.58. The van der Waals surface area contributed by atoms with Gasteiger partial charge in [-0.2, -0.15) is 0 Å². The molecule has 0 saturated heterocycles. The highest BCUT2D eigenvalue weighted by Crippen LogP contribution is 2.22. The van der Waals surface area contributed by atoms with E-state index in [1.54, 1.807) is 7.11 Å². The Kier molecular flexibility index (Phi) is 3.07. The van der Waals surface area contributed by atoms with E-state index in [0.29, 0.717) is 17.7 Å². The molecule has 0 unspecified atom stereocenters. The number of benzene rings is 1. The largest absolute Gasteiger partial charge is 0.496 e. The summed E-state index contributed by atoms with van der Waals surface area (Å²) in [5.41, 5.74) is 1.69. The minimum absolute atomic E-state index is 0.134. The number of ether oxygens (including phenoxy) is 1. The van der Waals surface area contributed by atoms with Crippen LogP contribution >= 0.6 is 0 Å². The summed E-state index contributed by atoms with van der Waals surface area (Å²) in [5, 5.41) is 0. The first-order valence-electron chi connectivity index (χ1n) is 4.37. The fourth-order valence-electron chi connectivity index (χ4n) is 1.35. The van der Waals surface area contributed by atoms with E-state index in [1.165, 1.54) is 0 Å². The molecule has 0 aliphatic heterocycles. The lowest BCUT2D eigenvalue weighted by atomic mass is 10.0. The molecule has 0 spiro atoms. The lowest BCUT2D eigenvalue weighted by Gasteiger charge is -2.08. The number of methoxy groups -OCH3 is 1. The van der Waals surface area contributed by atoms with Crippen LogP contribution in [0.2, 0.25) is 0 Å². The summed E-state index contributed by atoms with van der Waals surface area (Å²) in [6.45, 7) is 3.78. The lowest BCUT2D eigenvalue weighted by Crippen LogP contribution is -2.02. The highest BCUT2D eigenvalue weighted by molar-refractivity contribution is 5.99. The van der Waals surface area contributed by atoms with E-state index in [-0.39, 0.29) is 5.78 Å². The first-order valence-corrected chi connectivity index (χ1v) is 4.37. The molecule has 0 aromatic heterocycles. The van der Waals surface area contributed by atoms with Gasteiger partial charge < -0.3 is 4.74 Å². The molecule has 13 heavy (non-hydrogen) atoms. The van der Waals surface area contributed by atoms with Gasteiger partial charge >= 0.3 is 0 Å². The SMILES string of the molecule is CCC(=O)c1c(C)cccc1OC. The Labute approximate surface area is 78.5 Å². The molecule has 70 valence electrons. The molecular weight excluding hydrogens is 164 g/mol. The van der Waals surface area contributed by atoms with Crippen LogP contribution in [0.1, 0.15) is 29.3 Å². The van der Waals surface area contributed by atoms with Crippen molar-refractivity contribution in [3.8, 4) is 5.75 Å². The predicted octanol–water partition coefficient (Wildman–Crippen LogP) is 2.60. The Bertz CT molecular complexity index is 316. The summed E-state index contributed by atoms with van der Waals surface area (Å²) in [6.07, 6.45) is 0.515. The van der Waals surface area contributed by atoms with Crippen molar-refractivity contribution in [1.29, 1.82) is 0 Å². The second-order valence-electron chi connectivity index (χ2n) is 2.93. The zero-order valence-electron chi connectivity index (χ0n) is 8.26. The summed E-state index contributed by atoms with van der Waals surface area (Å²) in [6, 6.07) is 5.63. The fraction of sp³-hybridized carbons (Fsp3) is 0.364. The van der Waals surface area contributed by atoms with Crippen molar-refractivity contribution < 1.29 is 9.53 Å². The number of aryl methyl sites for hydroxylation is 1. The Hall–Kier alpha value is -1.31. The summed E-state index contributed by atoms with van der Waals surface area (Å²) >= 11 is 0. The van der Waals surface area contributed by atoms with Gasteiger partial charge in [-0.15, -0.1) is 0 Å². The van der Waals surface area contributed by atoms with E-state index in [9.17, 15) is 4.79 Å². The monoisotopic (exact) mass is 178 g/mol. The van der Waals surface area contributed by atoms with Crippen LogP contribution in [-0.4, -0.2) is 12.9 Å². The third-order valence-corrected chi connectivity index (χ3v) is 2.05. The van der Waals surface area contributed by atoms with Crippen LogP contribution in [0.5, 0.6) is 5.75 Å². The maximum atomic E-state index is 11.5. The maximum Gasteiger partial charge on any atom is 0.166 e. The number of Topliss-reactive ketones (excluding diaryl/α,β-unsaturated/α-hetero) is 1. The van der Waals surface area contributed by atoms with Crippen molar-refractivity contribution >= 4 is 5.78 Å². The predicted molar refractivity (Wildman–Crippen MR) is 52.4 cm³/mol. The molecule has 0 atom stereocenters. The second-order valence-corrected chi connectivity index (χ2v) is 2.93. The molecule has 0 N–H and O–H groups in total. The van der Waals surface area contributed by atoms with E-state index in [4.69, 9.17) is 4.74 Å². The molecule has 1 rings (SSSR count). The molecule has 2 nitrogen and oxygen atoms in total. The van der Waals surface area contributed by atoms with Crippen LogP contribution in [-0.2, 0) is 0 Å². The molecule has 0 aliphatic rings. The first kappa shape index (κ1) is 9.78. The minimum atomic E-state index is 0.134. The van der Waals surface area contributed by atoms with Crippen LogP contribution < -0.4 is 4.74 Å². The van der Waals surface area contributed by atoms with E-state index in [0.717, 1.165) is 5.56 Å². The van der Waals surface area contributed by atoms with Crippen LogP contribution in [0.4, 0.5) is 0 Å².